The van der Waals surface area contributed by atoms with E-state index in [-0.39, 0.29) is 0 Å². The first-order valence-corrected chi connectivity index (χ1v) is 6.33. The van der Waals surface area contributed by atoms with Crippen molar-refractivity contribution in [3.63, 3.8) is 0 Å². The lowest BCUT2D eigenvalue weighted by Crippen LogP contribution is -2.10. The second-order valence-corrected chi connectivity index (χ2v) is 4.29. The molecule has 5 nitrogen and oxygen atoms in total. The minimum absolute atomic E-state index is 0.805. The summed E-state index contributed by atoms with van der Waals surface area (Å²) in [6, 6.07) is 0. The number of hydrogen-bond acceptors (Lipinski definition) is 4. The van der Waals surface area contributed by atoms with Crippen LogP contribution in [0.15, 0.2) is 18.7 Å². The SMILES string of the molecule is CCCc1cnc(C)nc1NCCc1cnc[nH]1. The zero-order valence-corrected chi connectivity index (χ0v) is 10.9. The van der Waals surface area contributed by atoms with Crippen LogP contribution in [0.3, 0.4) is 0 Å². The molecule has 96 valence electrons. The van der Waals surface area contributed by atoms with E-state index < -0.39 is 0 Å². The van der Waals surface area contributed by atoms with Gasteiger partial charge in [-0.3, -0.25) is 0 Å². The number of imidazole rings is 1. The van der Waals surface area contributed by atoms with E-state index >= 15 is 0 Å². The summed E-state index contributed by atoms with van der Waals surface area (Å²) in [5.74, 6) is 1.77. The minimum Gasteiger partial charge on any atom is -0.369 e. The molecule has 0 amide bonds. The summed E-state index contributed by atoms with van der Waals surface area (Å²) in [4.78, 5) is 15.8. The Balaban J connectivity index is 1.96. The molecule has 2 heterocycles. The Bertz CT molecular complexity index is 478. The first-order valence-electron chi connectivity index (χ1n) is 6.33. The average molecular weight is 245 g/mol. The third-order valence-corrected chi connectivity index (χ3v) is 2.75. The van der Waals surface area contributed by atoms with Gasteiger partial charge in [-0.15, -0.1) is 0 Å². The van der Waals surface area contributed by atoms with Gasteiger partial charge in [0.15, 0.2) is 0 Å². The molecule has 5 heteroatoms. The Morgan fingerprint density at radius 3 is 2.89 bits per heavy atom. The molecule has 0 saturated heterocycles. The van der Waals surface area contributed by atoms with Gasteiger partial charge in [0.2, 0.25) is 0 Å². The number of hydrogen-bond donors (Lipinski definition) is 2. The quantitative estimate of drug-likeness (QED) is 0.818. The van der Waals surface area contributed by atoms with Crippen LogP contribution < -0.4 is 5.32 Å². The van der Waals surface area contributed by atoms with Crippen LogP contribution in [-0.4, -0.2) is 26.5 Å². The van der Waals surface area contributed by atoms with Crippen molar-refractivity contribution in [2.75, 3.05) is 11.9 Å². The van der Waals surface area contributed by atoms with Gasteiger partial charge in [-0.1, -0.05) is 13.3 Å². The highest BCUT2D eigenvalue weighted by Crippen LogP contribution is 2.13. The van der Waals surface area contributed by atoms with Crippen molar-refractivity contribution < 1.29 is 0 Å². The van der Waals surface area contributed by atoms with E-state index in [0.717, 1.165) is 43.1 Å². The maximum atomic E-state index is 4.46. The van der Waals surface area contributed by atoms with Crippen LogP contribution in [0.25, 0.3) is 0 Å². The van der Waals surface area contributed by atoms with E-state index in [1.165, 1.54) is 5.56 Å². The number of aryl methyl sites for hydroxylation is 2. The third kappa shape index (κ3) is 3.29. The molecule has 2 N–H and O–H groups in total. The Labute approximate surface area is 107 Å². The molecule has 0 aliphatic carbocycles. The molecule has 2 aromatic rings. The number of H-pyrrole nitrogens is 1. The van der Waals surface area contributed by atoms with Gasteiger partial charge in [0.1, 0.15) is 11.6 Å². The number of aromatic amines is 1. The molecule has 0 unspecified atom stereocenters. The van der Waals surface area contributed by atoms with Gasteiger partial charge in [-0.05, 0) is 13.3 Å². The predicted octanol–water partition coefficient (Wildman–Crippen LogP) is 2.12. The minimum atomic E-state index is 0.805. The predicted molar refractivity (Wildman–Crippen MR) is 71.5 cm³/mol. The summed E-state index contributed by atoms with van der Waals surface area (Å²) in [5, 5.41) is 3.38. The van der Waals surface area contributed by atoms with E-state index in [2.05, 4.69) is 32.2 Å². The molecule has 0 saturated carbocycles. The molecule has 0 aliphatic heterocycles. The zero-order valence-electron chi connectivity index (χ0n) is 10.9. The zero-order chi connectivity index (χ0) is 12.8. The van der Waals surface area contributed by atoms with E-state index in [1.54, 1.807) is 6.33 Å². The molecule has 0 atom stereocenters. The van der Waals surface area contributed by atoms with Crippen LogP contribution in [0.1, 0.15) is 30.4 Å². The van der Waals surface area contributed by atoms with Crippen LogP contribution in [-0.2, 0) is 12.8 Å². The Morgan fingerprint density at radius 1 is 1.28 bits per heavy atom. The van der Waals surface area contributed by atoms with Crippen molar-refractivity contribution >= 4 is 5.82 Å². The van der Waals surface area contributed by atoms with Gasteiger partial charge in [-0.2, -0.15) is 0 Å². The first kappa shape index (κ1) is 12.5. The van der Waals surface area contributed by atoms with Crippen molar-refractivity contribution in [3.05, 3.63) is 35.8 Å². The van der Waals surface area contributed by atoms with E-state index in [4.69, 9.17) is 0 Å². The van der Waals surface area contributed by atoms with Crippen LogP contribution in [0.4, 0.5) is 5.82 Å². The maximum absolute atomic E-state index is 4.46. The standard InChI is InChI=1S/C13H19N5/c1-3-4-11-7-16-10(2)18-13(11)15-6-5-12-8-14-9-17-12/h7-9H,3-6H2,1-2H3,(H,14,17)(H,15,16,18). The topological polar surface area (TPSA) is 66.5 Å². The lowest BCUT2D eigenvalue weighted by Gasteiger charge is -2.10. The molecule has 0 aromatic carbocycles. The van der Waals surface area contributed by atoms with Crippen molar-refractivity contribution in [1.82, 2.24) is 19.9 Å². The van der Waals surface area contributed by atoms with E-state index in [9.17, 15) is 0 Å². The van der Waals surface area contributed by atoms with Crippen LogP contribution >= 0.6 is 0 Å². The number of nitrogens with one attached hydrogen (secondary N) is 2. The molecule has 0 fully saturated rings. The normalized spacial score (nSPS) is 10.6. The molecule has 0 bridgehead atoms. The molecular weight excluding hydrogens is 226 g/mol. The highest BCUT2D eigenvalue weighted by molar-refractivity contribution is 5.43. The second-order valence-electron chi connectivity index (χ2n) is 4.29. The van der Waals surface area contributed by atoms with Crippen molar-refractivity contribution in [2.45, 2.75) is 33.1 Å². The van der Waals surface area contributed by atoms with Crippen LogP contribution in [0.5, 0.6) is 0 Å². The second kappa shape index (κ2) is 6.14. The summed E-state index contributed by atoms with van der Waals surface area (Å²) < 4.78 is 0. The lowest BCUT2D eigenvalue weighted by molar-refractivity contribution is 0.879. The van der Waals surface area contributed by atoms with Gasteiger partial charge in [-0.25, -0.2) is 15.0 Å². The van der Waals surface area contributed by atoms with Gasteiger partial charge < -0.3 is 10.3 Å². The lowest BCUT2D eigenvalue weighted by atomic mass is 10.2. The number of anilines is 1. The fraction of sp³-hybridized carbons (Fsp3) is 0.462. The van der Waals surface area contributed by atoms with E-state index in [1.807, 2.05) is 19.3 Å². The average Bonchev–Trinajstić information content (AvgIpc) is 2.86. The molecule has 2 aromatic heterocycles. The fourth-order valence-corrected chi connectivity index (χ4v) is 1.84. The Kier molecular flexibility index (Phi) is 4.28. The van der Waals surface area contributed by atoms with Crippen LogP contribution in [0.2, 0.25) is 0 Å². The summed E-state index contributed by atoms with van der Waals surface area (Å²) in [6.07, 6.45) is 8.49. The molecule has 0 radical (unpaired) electrons. The molecule has 2 rings (SSSR count). The molecular formula is C13H19N5. The van der Waals surface area contributed by atoms with Crippen LogP contribution in [0, 0.1) is 6.92 Å². The third-order valence-electron chi connectivity index (χ3n) is 2.75. The summed E-state index contributed by atoms with van der Waals surface area (Å²) in [5.41, 5.74) is 2.32. The summed E-state index contributed by atoms with van der Waals surface area (Å²) >= 11 is 0. The molecule has 0 spiro atoms. The molecule has 0 aliphatic rings. The largest absolute Gasteiger partial charge is 0.369 e. The van der Waals surface area contributed by atoms with Crippen molar-refractivity contribution in [1.29, 1.82) is 0 Å². The van der Waals surface area contributed by atoms with Crippen molar-refractivity contribution in [2.24, 2.45) is 0 Å². The van der Waals surface area contributed by atoms with Gasteiger partial charge in [0.05, 0.1) is 6.33 Å². The van der Waals surface area contributed by atoms with Gasteiger partial charge in [0, 0.05) is 36.6 Å². The fourth-order valence-electron chi connectivity index (χ4n) is 1.84. The Hall–Kier alpha value is -1.91. The molecule has 18 heavy (non-hydrogen) atoms. The van der Waals surface area contributed by atoms with Crippen molar-refractivity contribution in [3.8, 4) is 0 Å². The van der Waals surface area contributed by atoms with Gasteiger partial charge in [0.25, 0.3) is 0 Å². The maximum Gasteiger partial charge on any atom is 0.132 e. The smallest absolute Gasteiger partial charge is 0.132 e. The number of rotatable bonds is 6. The number of aromatic nitrogens is 4. The van der Waals surface area contributed by atoms with E-state index in [0.29, 0.717) is 0 Å². The Morgan fingerprint density at radius 2 is 2.17 bits per heavy atom. The van der Waals surface area contributed by atoms with Gasteiger partial charge >= 0.3 is 0 Å². The monoisotopic (exact) mass is 245 g/mol. The highest BCUT2D eigenvalue weighted by atomic mass is 15.0. The number of nitrogens with zero attached hydrogens (tertiary/aromatic N) is 3. The summed E-state index contributed by atoms with van der Waals surface area (Å²) in [6.45, 7) is 4.92. The first-order chi connectivity index (χ1) is 8.79. The summed E-state index contributed by atoms with van der Waals surface area (Å²) in [7, 11) is 0. The highest BCUT2D eigenvalue weighted by Gasteiger charge is 2.04.